The molecule has 4 aromatic rings. The highest BCUT2D eigenvalue weighted by molar-refractivity contribution is 6.35. The lowest BCUT2D eigenvalue weighted by Crippen LogP contribution is -2.33. The molecule has 31 heavy (non-hydrogen) atoms. The number of aromatic hydroxyl groups is 1. The lowest BCUT2D eigenvalue weighted by atomic mass is 9.95. The van der Waals surface area contributed by atoms with Gasteiger partial charge in [-0.2, -0.15) is 0 Å². The number of nitrogens with one attached hydrogen (secondary N) is 1. The van der Waals surface area contributed by atoms with E-state index in [2.05, 4.69) is 10.3 Å². The molecule has 6 heteroatoms. The molecule has 4 rings (SSSR count). The summed E-state index contributed by atoms with van der Waals surface area (Å²) < 4.78 is 5.57. The maximum atomic E-state index is 12.7. The highest BCUT2D eigenvalue weighted by Gasteiger charge is 2.23. The minimum Gasteiger partial charge on any atom is -0.505 e. The second-order valence-electron chi connectivity index (χ2n) is 7.21. The van der Waals surface area contributed by atoms with Crippen LogP contribution in [0.4, 0.5) is 0 Å². The first kappa shape index (κ1) is 20.7. The molecule has 0 saturated heterocycles. The van der Waals surface area contributed by atoms with Crippen LogP contribution in [0.15, 0.2) is 79.0 Å². The van der Waals surface area contributed by atoms with Gasteiger partial charge < -0.3 is 15.2 Å². The Labute approximate surface area is 185 Å². The monoisotopic (exact) mass is 432 g/mol. The average Bonchev–Trinajstić information content (AvgIpc) is 2.80. The first-order valence-corrected chi connectivity index (χ1v) is 10.2. The average molecular weight is 433 g/mol. The lowest BCUT2D eigenvalue weighted by molar-refractivity contribution is -0.123. The van der Waals surface area contributed by atoms with Crippen LogP contribution < -0.4 is 10.1 Å². The third-order valence-electron chi connectivity index (χ3n) is 4.99. The molecule has 0 aliphatic rings. The number of carbonyl (C=O) groups is 1. The molecule has 1 atom stereocenters. The number of phenols is 1. The number of fused-ring (bicyclic) bond motifs is 1. The molecule has 0 unspecified atom stereocenters. The molecule has 0 saturated carbocycles. The summed E-state index contributed by atoms with van der Waals surface area (Å²) in [7, 11) is 0. The highest BCUT2D eigenvalue weighted by Crippen LogP contribution is 2.38. The first-order chi connectivity index (χ1) is 15.0. The van der Waals surface area contributed by atoms with E-state index in [4.69, 9.17) is 16.3 Å². The summed E-state index contributed by atoms with van der Waals surface area (Å²) in [6.07, 6.45) is 1.59. The van der Waals surface area contributed by atoms with E-state index in [1.807, 2.05) is 49.4 Å². The van der Waals surface area contributed by atoms with Gasteiger partial charge in [0.15, 0.2) is 6.61 Å². The van der Waals surface area contributed by atoms with Crippen LogP contribution in [0.1, 0.15) is 22.7 Å². The zero-order chi connectivity index (χ0) is 21.8. The fourth-order valence-electron chi connectivity index (χ4n) is 3.39. The second-order valence-corrected chi connectivity index (χ2v) is 7.62. The molecule has 0 aliphatic heterocycles. The summed E-state index contributed by atoms with van der Waals surface area (Å²) in [4.78, 5) is 17.0. The molecule has 0 spiro atoms. The van der Waals surface area contributed by atoms with Crippen LogP contribution in [-0.2, 0) is 4.79 Å². The van der Waals surface area contributed by atoms with Crippen molar-refractivity contribution in [2.75, 3.05) is 6.61 Å². The number of carbonyl (C=O) groups excluding carboxylic acids is 1. The summed E-state index contributed by atoms with van der Waals surface area (Å²) in [5.41, 5.74) is 2.74. The maximum absolute atomic E-state index is 12.7. The number of para-hydroxylation sites is 1. The number of halogens is 1. The van der Waals surface area contributed by atoms with Gasteiger partial charge in [0, 0.05) is 17.1 Å². The number of benzene rings is 3. The van der Waals surface area contributed by atoms with Gasteiger partial charge in [0.25, 0.3) is 5.91 Å². The number of aryl methyl sites for hydroxylation is 1. The van der Waals surface area contributed by atoms with Gasteiger partial charge in [-0.3, -0.25) is 9.78 Å². The van der Waals surface area contributed by atoms with Crippen LogP contribution >= 0.6 is 11.6 Å². The fourth-order valence-corrected chi connectivity index (χ4v) is 3.66. The van der Waals surface area contributed by atoms with Gasteiger partial charge in [-0.25, -0.2) is 0 Å². The Morgan fingerprint density at radius 2 is 1.84 bits per heavy atom. The van der Waals surface area contributed by atoms with Gasteiger partial charge in [-0.15, -0.1) is 0 Å². The van der Waals surface area contributed by atoms with Crippen molar-refractivity contribution in [3.8, 4) is 11.5 Å². The number of hydrogen-bond donors (Lipinski definition) is 2. The number of pyridine rings is 1. The van der Waals surface area contributed by atoms with Crippen molar-refractivity contribution in [1.29, 1.82) is 0 Å². The molecule has 0 radical (unpaired) electrons. The Bertz CT molecular complexity index is 1210. The summed E-state index contributed by atoms with van der Waals surface area (Å²) in [5, 5.41) is 15.0. The van der Waals surface area contributed by atoms with E-state index in [1.165, 1.54) is 0 Å². The minimum atomic E-state index is -0.628. The number of rotatable bonds is 6. The smallest absolute Gasteiger partial charge is 0.258 e. The first-order valence-electron chi connectivity index (χ1n) is 9.83. The molecule has 156 valence electrons. The second kappa shape index (κ2) is 9.06. The Hall–Kier alpha value is -3.57. The molecular formula is C25H21ClN2O3. The highest BCUT2D eigenvalue weighted by atomic mass is 35.5. The van der Waals surface area contributed by atoms with Crippen LogP contribution in [0.25, 0.3) is 10.9 Å². The number of aromatic nitrogens is 1. The van der Waals surface area contributed by atoms with Crippen LogP contribution in [0.3, 0.4) is 0 Å². The SMILES string of the molecule is Cc1ccc([C@@H](NC(=O)COc2ccccc2)c2cc(Cl)c3cccnc3c2O)cc1. The lowest BCUT2D eigenvalue weighted by Gasteiger charge is -2.22. The third kappa shape index (κ3) is 4.62. The number of hydrogen-bond acceptors (Lipinski definition) is 4. The quantitative estimate of drug-likeness (QED) is 0.440. The van der Waals surface area contributed by atoms with Crippen LogP contribution in [-0.4, -0.2) is 22.6 Å². The van der Waals surface area contributed by atoms with Gasteiger partial charge in [0.2, 0.25) is 0 Å². The molecule has 1 aromatic heterocycles. The van der Waals surface area contributed by atoms with Crippen molar-refractivity contribution in [3.05, 3.63) is 101 Å². The van der Waals surface area contributed by atoms with Crippen molar-refractivity contribution < 1.29 is 14.6 Å². The Morgan fingerprint density at radius 3 is 2.58 bits per heavy atom. The van der Waals surface area contributed by atoms with E-state index in [-0.39, 0.29) is 18.3 Å². The van der Waals surface area contributed by atoms with E-state index in [9.17, 15) is 9.90 Å². The van der Waals surface area contributed by atoms with Gasteiger partial charge in [-0.05, 0) is 42.8 Å². The van der Waals surface area contributed by atoms with Crippen molar-refractivity contribution in [3.63, 3.8) is 0 Å². The summed E-state index contributed by atoms with van der Waals surface area (Å²) in [5.74, 6) is 0.256. The van der Waals surface area contributed by atoms with Gasteiger partial charge in [0.1, 0.15) is 17.0 Å². The van der Waals surface area contributed by atoms with Crippen molar-refractivity contribution in [1.82, 2.24) is 10.3 Å². The fraction of sp³-hybridized carbons (Fsp3) is 0.120. The molecule has 1 heterocycles. The van der Waals surface area contributed by atoms with E-state index < -0.39 is 6.04 Å². The summed E-state index contributed by atoms with van der Waals surface area (Å²) >= 11 is 6.48. The molecule has 1 amide bonds. The third-order valence-corrected chi connectivity index (χ3v) is 5.30. The molecule has 0 fully saturated rings. The molecular weight excluding hydrogens is 412 g/mol. The van der Waals surface area contributed by atoms with Gasteiger partial charge in [0.05, 0.1) is 11.1 Å². The number of amides is 1. The van der Waals surface area contributed by atoms with Crippen molar-refractivity contribution in [2.24, 2.45) is 0 Å². The van der Waals surface area contributed by atoms with Crippen molar-refractivity contribution in [2.45, 2.75) is 13.0 Å². The minimum absolute atomic E-state index is 0.0187. The van der Waals surface area contributed by atoms with Gasteiger partial charge >= 0.3 is 0 Å². The predicted octanol–water partition coefficient (Wildman–Crippen LogP) is 5.19. The largest absolute Gasteiger partial charge is 0.505 e. The normalized spacial score (nSPS) is 11.8. The molecule has 0 aliphatic carbocycles. The van der Waals surface area contributed by atoms with E-state index >= 15 is 0 Å². The standard InChI is InChI=1S/C25H21ClN2O3/c1-16-9-11-17(12-10-16)23(28-22(29)15-31-18-6-3-2-4-7-18)20-14-21(26)19-8-5-13-27-24(19)25(20)30/h2-14,23,30H,15H2,1H3,(H,28,29)/t23-/m1/s1. The molecule has 3 aromatic carbocycles. The van der Waals surface area contributed by atoms with Crippen LogP contribution in [0.2, 0.25) is 5.02 Å². The van der Waals surface area contributed by atoms with E-state index in [0.717, 1.165) is 11.1 Å². The predicted molar refractivity (Wildman–Crippen MR) is 122 cm³/mol. The van der Waals surface area contributed by atoms with E-state index in [1.54, 1.807) is 36.5 Å². The van der Waals surface area contributed by atoms with Gasteiger partial charge in [-0.1, -0.05) is 59.6 Å². The topological polar surface area (TPSA) is 71.5 Å². The molecule has 0 bridgehead atoms. The number of nitrogens with zero attached hydrogens (tertiary/aromatic N) is 1. The summed E-state index contributed by atoms with van der Waals surface area (Å²) in [6, 6.07) is 21.4. The summed E-state index contributed by atoms with van der Waals surface area (Å²) in [6.45, 7) is 1.83. The number of ether oxygens (including phenoxy) is 1. The molecule has 5 nitrogen and oxygen atoms in total. The zero-order valence-corrected chi connectivity index (χ0v) is 17.6. The Balaban J connectivity index is 1.68. The Morgan fingerprint density at radius 1 is 1.10 bits per heavy atom. The van der Waals surface area contributed by atoms with E-state index in [0.29, 0.717) is 27.2 Å². The van der Waals surface area contributed by atoms with Crippen molar-refractivity contribution >= 4 is 28.4 Å². The maximum Gasteiger partial charge on any atom is 0.258 e. The van der Waals surface area contributed by atoms with Crippen LogP contribution in [0.5, 0.6) is 11.5 Å². The van der Waals surface area contributed by atoms with Crippen LogP contribution in [0, 0.1) is 6.92 Å². The number of phenolic OH excluding ortho intramolecular Hbond substituents is 1. The molecule has 2 N–H and O–H groups in total. The zero-order valence-electron chi connectivity index (χ0n) is 16.9. The Kier molecular flexibility index (Phi) is 6.05.